The fraction of sp³-hybridized carbons (Fsp3) is 0.292. The van der Waals surface area contributed by atoms with E-state index >= 15 is 0 Å². The van der Waals surface area contributed by atoms with Gasteiger partial charge in [0.25, 0.3) is 0 Å². The van der Waals surface area contributed by atoms with Crippen LogP contribution in [0.25, 0.3) is 11.3 Å². The van der Waals surface area contributed by atoms with Crippen LogP contribution in [-0.2, 0) is 4.74 Å². The molecule has 1 N–H and O–H groups in total. The third-order valence-electron chi connectivity index (χ3n) is 5.49. The van der Waals surface area contributed by atoms with Crippen molar-refractivity contribution in [2.75, 3.05) is 34.3 Å². The highest BCUT2D eigenvalue weighted by Crippen LogP contribution is 2.40. The summed E-state index contributed by atoms with van der Waals surface area (Å²) in [5.74, 6) is 1.16. The zero-order valence-electron chi connectivity index (χ0n) is 18.3. The van der Waals surface area contributed by atoms with Crippen LogP contribution in [0, 0.1) is 0 Å². The summed E-state index contributed by atoms with van der Waals surface area (Å²) in [6.07, 6.45) is 1.79. The minimum atomic E-state index is -0.364. The number of thiocarbonyl (C=S) groups is 1. The second-order valence-corrected chi connectivity index (χ2v) is 8.28. The number of benzene rings is 1. The first-order chi connectivity index (χ1) is 15.5. The van der Waals surface area contributed by atoms with Crippen LogP contribution in [0.5, 0.6) is 0 Å². The lowest BCUT2D eigenvalue weighted by Crippen LogP contribution is -2.35. The van der Waals surface area contributed by atoms with Gasteiger partial charge >= 0.3 is 5.97 Å². The number of nitrogens with one attached hydrogen (secondary N) is 1. The first kappa shape index (κ1) is 22.0. The molecule has 0 bridgehead atoms. The topological polar surface area (TPSA) is 70.8 Å². The first-order valence-corrected chi connectivity index (χ1v) is 10.8. The Labute approximate surface area is 193 Å². The molecular formula is C24H26N4O3S. The monoisotopic (exact) mass is 450 g/mol. The molecule has 1 fully saturated rings. The second kappa shape index (κ2) is 9.50. The van der Waals surface area contributed by atoms with E-state index in [4.69, 9.17) is 21.4 Å². The molecule has 3 heterocycles. The van der Waals surface area contributed by atoms with E-state index in [-0.39, 0.29) is 18.1 Å². The van der Waals surface area contributed by atoms with Gasteiger partial charge in [-0.25, -0.2) is 4.79 Å². The van der Waals surface area contributed by atoms with Crippen LogP contribution in [0.1, 0.15) is 33.9 Å². The molecule has 4 rings (SSSR count). The molecule has 0 saturated carbocycles. The third-order valence-corrected chi connectivity index (χ3v) is 5.85. The number of esters is 1. The number of hydrogen-bond donors (Lipinski definition) is 1. The summed E-state index contributed by atoms with van der Waals surface area (Å²) in [7, 11) is 5.46. The van der Waals surface area contributed by atoms with Crippen molar-refractivity contribution in [3.8, 4) is 11.3 Å². The Kier molecular flexibility index (Phi) is 6.53. The third kappa shape index (κ3) is 4.51. The van der Waals surface area contributed by atoms with Crippen LogP contribution in [0.2, 0.25) is 0 Å². The minimum absolute atomic E-state index is 0.119. The van der Waals surface area contributed by atoms with Gasteiger partial charge in [-0.1, -0.05) is 18.2 Å². The largest absolute Gasteiger partial charge is 0.465 e. The summed E-state index contributed by atoms with van der Waals surface area (Å²) in [6, 6.07) is 16.7. The number of aromatic nitrogens is 1. The van der Waals surface area contributed by atoms with E-state index in [0.29, 0.717) is 10.7 Å². The fourth-order valence-corrected chi connectivity index (χ4v) is 4.15. The van der Waals surface area contributed by atoms with E-state index < -0.39 is 0 Å². The van der Waals surface area contributed by atoms with Crippen molar-refractivity contribution in [2.45, 2.75) is 12.1 Å². The van der Waals surface area contributed by atoms with Gasteiger partial charge in [0.2, 0.25) is 0 Å². The molecule has 0 amide bonds. The van der Waals surface area contributed by atoms with Crippen molar-refractivity contribution in [3.05, 3.63) is 77.8 Å². The van der Waals surface area contributed by atoms with Crippen LogP contribution in [0.15, 0.2) is 65.2 Å². The summed E-state index contributed by atoms with van der Waals surface area (Å²) < 4.78 is 11.1. The lowest BCUT2D eigenvalue weighted by molar-refractivity contribution is 0.0600. The molecule has 0 spiro atoms. The predicted octanol–water partition coefficient (Wildman–Crippen LogP) is 3.66. The quantitative estimate of drug-likeness (QED) is 0.432. The average molecular weight is 451 g/mol. The molecule has 1 aromatic carbocycles. The molecule has 2 aromatic heterocycles. The van der Waals surface area contributed by atoms with Gasteiger partial charge in [-0.3, -0.25) is 4.98 Å². The Bertz CT molecular complexity index is 1080. The Morgan fingerprint density at radius 1 is 1.19 bits per heavy atom. The highest BCUT2D eigenvalue weighted by Gasteiger charge is 2.41. The van der Waals surface area contributed by atoms with E-state index in [1.54, 1.807) is 18.3 Å². The number of ether oxygens (including phenoxy) is 1. The number of hydrogen-bond acceptors (Lipinski definition) is 6. The number of rotatable bonds is 7. The van der Waals surface area contributed by atoms with Gasteiger partial charge in [0.15, 0.2) is 5.11 Å². The molecule has 8 heteroatoms. The minimum Gasteiger partial charge on any atom is -0.465 e. The normalized spacial score (nSPS) is 18.1. The van der Waals surface area contributed by atoms with Crippen LogP contribution in [0.4, 0.5) is 0 Å². The molecule has 0 unspecified atom stereocenters. The Morgan fingerprint density at radius 3 is 2.62 bits per heavy atom. The molecule has 7 nitrogen and oxygen atoms in total. The van der Waals surface area contributed by atoms with E-state index in [1.165, 1.54) is 7.11 Å². The fourth-order valence-electron chi connectivity index (χ4n) is 3.82. The Balaban J connectivity index is 1.65. The van der Waals surface area contributed by atoms with Crippen molar-refractivity contribution in [3.63, 3.8) is 0 Å². The van der Waals surface area contributed by atoms with Crippen molar-refractivity contribution >= 4 is 23.3 Å². The van der Waals surface area contributed by atoms with E-state index in [9.17, 15) is 4.79 Å². The van der Waals surface area contributed by atoms with Crippen molar-refractivity contribution < 1.29 is 13.9 Å². The Morgan fingerprint density at radius 2 is 1.97 bits per heavy atom. The molecular weight excluding hydrogens is 424 g/mol. The van der Waals surface area contributed by atoms with Crippen LogP contribution >= 0.6 is 12.2 Å². The van der Waals surface area contributed by atoms with Gasteiger partial charge in [0.05, 0.1) is 24.4 Å². The second-order valence-electron chi connectivity index (χ2n) is 7.89. The van der Waals surface area contributed by atoms with Crippen molar-refractivity contribution in [2.24, 2.45) is 0 Å². The van der Waals surface area contributed by atoms with Gasteiger partial charge in [0.1, 0.15) is 17.6 Å². The maximum absolute atomic E-state index is 11.7. The summed E-state index contributed by atoms with van der Waals surface area (Å²) in [4.78, 5) is 20.6. The summed E-state index contributed by atoms with van der Waals surface area (Å²) in [6.45, 7) is 1.62. The van der Waals surface area contributed by atoms with Crippen LogP contribution < -0.4 is 5.32 Å². The molecule has 166 valence electrons. The highest BCUT2D eigenvalue weighted by molar-refractivity contribution is 7.80. The molecule has 1 saturated heterocycles. The lowest BCUT2D eigenvalue weighted by Gasteiger charge is -2.27. The summed E-state index contributed by atoms with van der Waals surface area (Å²) in [5, 5.41) is 4.12. The summed E-state index contributed by atoms with van der Waals surface area (Å²) >= 11 is 5.68. The summed E-state index contributed by atoms with van der Waals surface area (Å²) in [5.41, 5.74) is 2.29. The van der Waals surface area contributed by atoms with Crippen LogP contribution in [-0.4, -0.2) is 60.2 Å². The van der Waals surface area contributed by atoms with E-state index in [2.05, 4.69) is 20.1 Å². The van der Waals surface area contributed by atoms with Gasteiger partial charge in [0, 0.05) is 24.8 Å². The molecule has 0 radical (unpaired) electrons. The molecule has 1 aliphatic rings. The molecule has 0 aliphatic carbocycles. The average Bonchev–Trinajstić information content (AvgIpc) is 3.42. The van der Waals surface area contributed by atoms with Gasteiger partial charge < -0.3 is 24.3 Å². The smallest absolute Gasteiger partial charge is 0.337 e. The van der Waals surface area contributed by atoms with Crippen molar-refractivity contribution in [1.29, 1.82) is 0 Å². The SMILES string of the molecule is COC(=O)c1ccc(-c2ccc([C@@H]3[C@@H](c4ccccn4)NC(=S)N3CCN(C)C)o2)cc1. The number of carbonyl (C=O) groups is 1. The zero-order chi connectivity index (χ0) is 22.7. The highest BCUT2D eigenvalue weighted by atomic mass is 32.1. The Hall–Kier alpha value is -3.23. The number of methoxy groups -OCH3 is 1. The molecule has 32 heavy (non-hydrogen) atoms. The zero-order valence-corrected chi connectivity index (χ0v) is 19.1. The van der Waals surface area contributed by atoms with Crippen LogP contribution in [0.3, 0.4) is 0 Å². The molecule has 1 aliphatic heterocycles. The number of furan rings is 1. The number of pyridine rings is 1. The van der Waals surface area contributed by atoms with E-state index in [1.807, 2.05) is 56.6 Å². The first-order valence-electron chi connectivity index (χ1n) is 10.4. The van der Waals surface area contributed by atoms with Gasteiger partial charge in [-0.2, -0.15) is 0 Å². The standard InChI is InChI=1S/C24H26N4O3S/c1-27(2)14-15-28-22(21(26-24(28)32)18-6-4-5-13-25-18)20-12-11-19(31-20)16-7-9-17(10-8-16)23(29)30-3/h4-13,21-22H,14-15H2,1-3H3,(H,26,32)/t21-,22-/m1/s1. The van der Waals surface area contributed by atoms with Gasteiger partial charge in [-0.15, -0.1) is 0 Å². The molecule has 3 aromatic rings. The van der Waals surface area contributed by atoms with E-state index in [0.717, 1.165) is 35.9 Å². The number of nitrogens with zero attached hydrogens (tertiary/aromatic N) is 3. The number of likely N-dealkylation sites (N-methyl/N-ethyl adjacent to an activating group) is 1. The maximum Gasteiger partial charge on any atom is 0.337 e. The lowest BCUT2D eigenvalue weighted by atomic mass is 10.0. The number of carbonyl (C=O) groups excluding carboxylic acids is 1. The van der Waals surface area contributed by atoms with Crippen molar-refractivity contribution in [1.82, 2.24) is 20.1 Å². The maximum atomic E-state index is 11.7. The molecule has 2 atom stereocenters. The van der Waals surface area contributed by atoms with Gasteiger partial charge in [-0.05, 0) is 62.7 Å². The predicted molar refractivity (Wildman–Crippen MR) is 126 cm³/mol.